The highest BCUT2D eigenvalue weighted by molar-refractivity contribution is 5.26. The van der Waals surface area contributed by atoms with Gasteiger partial charge in [0.2, 0.25) is 0 Å². The zero-order valence-corrected chi connectivity index (χ0v) is 8.96. The maximum atomic E-state index is 8.88. The summed E-state index contributed by atoms with van der Waals surface area (Å²) in [5, 5.41) is 12.2. The smallest absolute Gasteiger partial charge is 0.0582 e. The van der Waals surface area contributed by atoms with Crippen LogP contribution in [0, 0.1) is 0 Å². The Morgan fingerprint density at radius 1 is 1.29 bits per heavy atom. The Kier molecular flexibility index (Phi) is 4.63. The fourth-order valence-corrected chi connectivity index (χ4v) is 1.42. The molecule has 0 aliphatic heterocycles. The van der Waals surface area contributed by atoms with Gasteiger partial charge in [-0.2, -0.15) is 0 Å². The van der Waals surface area contributed by atoms with E-state index < -0.39 is 0 Å². The summed E-state index contributed by atoms with van der Waals surface area (Å²) in [7, 11) is 0. The minimum absolute atomic E-state index is 0.167. The van der Waals surface area contributed by atoms with Gasteiger partial charge in [-0.3, -0.25) is 0 Å². The van der Waals surface area contributed by atoms with Gasteiger partial charge in [-0.25, -0.2) is 0 Å². The van der Waals surface area contributed by atoms with Gasteiger partial charge in [0.25, 0.3) is 0 Å². The van der Waals surface area contributed by atoms with Crippen molar-refractivity contribution in [3.05, 3.63) is 35.4 Å². The Morgan fingerprint density at radius 3 is 2.50 bits per heavy atom. The SMILES string of the molecule is CCc1ccccc1CNC(C)CO. The molecule has 1 rings (SSSR count). The lowest BCUT2D eigenvalue weighted by atomic mass is 10.1. The zero-order valence-electron chi connectivity index (χ0n) is 8.96. The molecule has 1 aromatic rings. The van der Waals surface area contributed by atoms with E-state index in [1.165, 1.54) is 11.1 Å². The van der Waals surface area contributed by atoms with Gasteiger partial charge in [-0.15, -0.1) is 0 Å². The molecule has 0 bridgehead atoms. The average Bonchev–Trinajstić information content (AvgIpc) is 2.26. The van der Waals surface area contributed by atoms with Crippen LogP contribution >= 0.6 is 0 Å². The third-order valence-corrected chi connectivity index (χ3v) is 2.41. The summed E-state index contributed by atoms with van der Waals surface area (Å²) >= 11 is 0. The van der Waals surface area contributed by atoms with Gasteiger partial charge in [-0.1, -0.05) is 31.2 Å². The van der Waals surface area contributed by atoms with Crippen molar-refractivity contribution in [1.29, 1.82) is 0 Å². The molecule has 14 heavy (non-hydrogen) atoms. The van der Waals surface area contributed by atoms with Crippen LogP contribution in [0.15, 0.2) is 24.3 Å². The van der Waals surface area contributed by atoms with Crippen molar-refractivity contribution in [1.82, 2.24) is 5.32 Å². The molecule has 1 aromatic carbocycles. The van der Waals surface area contributed by atoms with E-state index >= 15 is 0 Å². The molecule has 2 N–H and O–H groups in total. The number of aliphatic hydroxyl groups is 1. The Morgan fingerprint density at radius 2 is 1.93 bits per heavy atom. The highest BCUT2D eigenvalue weighted by Gasteiger charge is 2.01. The van der Waals surface area contributed by atoms with Crippen molar-refractivity contribution < 1.29 is 5.11 Å². The largest absolute Gasteiger partial charge is 0.395 e. The molecule has 2 nitrogen and oxygen atoms in total. The van der Waals surface area contributed by atoms with E-state index in [-0.39, 0.29) is 12.6 Å². The Bertz CT molecular complexity index is 273. The van der Waals surface area contributed by atoms with Gasteiger partial charge < -0.3 is 10.4 Å². The normalized spacial score (nSPS) is 12.8. The van der Waals surface area contributed by atoms with Crippen LogP contribution in [-0.4, -0.2) is 17.8 Å². The predicted molar refractivity (Wildman–Crippen MR) is 59.2 cm³/mol. The van der Waals surface area contributed by atoms with E-state index in [9.17, 15) is 0 Å². The van der Waals surface area contributed by atoms with E-state index in [4.69, 9.17) is 5.11 Å². The van der Waals surface area contributed by atoms with E-state index in [2.05, 4.69) is 36.5 Å². The first-order valence-electron chi connectivity index (χ1n) is 5.19. The van der Waals surface area contributed by atoms with Crippen molar-refractivity contribution in [3.63, 3.8) is 0 Å². The lowest BCUT2D eigenvalue weighted by Crippen LogP contribution is -2.28. The van der Waals surface area contributed by atoms with Crippen molar-refractivity contribution in [2.24, 2.45) is 0 Å². The third kappa shape index (κ3) is 3.13. The summed E-state index contributed by atoms with van der Waals surface area (Å²) in [4.78, 5) is 0. The molecule has 1 unspecified atom stereocenters. The summed E-state index contributed by atoms with van der Waals surface area (Å²) in [5.74, 6) is 0. The summed E-state index contributed by atoms with van der Waals surface area (Å²) in [6.45, 7) is 5.17. The molecule has 0 saturated heterocycles. The van der Waals surface area contributed by atoms with Crippen LogP contribution in [0.2, 0.25) is 0 Å². The Labute approximate surface area is 86.0 Å². The Hall–Kier alpha value is -0.860. The number of hydrogen-bond donors (Lipinski definition) is 2. The van der Waals surface area contributed by atoms with E-state index in [1.807, 2.05) is 6.92 Å². The molecule has 0 aliphatic rings. The zero-order chi connectivity index (χ0) is 10.4. The van der Waals surface area contributed by atoms with Crippen LogP contribution in [0.25, 0.3) is 0 Å². The molecule has 0 fully saturated rings. The fourth-order valence-electron chi connectivity index (χ4n) is 1.42. The topological polar surface area (TPSA) is 32.3 Å². The summed E-state index contributed by atoms with van der Waals surface area (Å²) in [6, 6.07) is 8.58. The second-order valence-electron chi connectivity index (χ2n) is 3.59. The summed E-state index contributed by atoms with van der Waals surface area (Å²) < 4.78 is 0. The monoisotopic (exact) mass is 193 g/mol. The minimum Gasteiger partial charge on any atom is -0.395 e. The molecule has 0 amide bonds. The molecule has 1 atom stereocenters. The molecule has 0 aromatic heterocycles. The molecule has 0 saturated carbocycles. The third-order valence-electron chi connectivity index (χ3n) is 2.41. The van der Waals surface area contributed by atoms with Crippen LogP contribution in [0.4, 0.5) is 0 Å². The van der Waals surface area contributed by atoms with E-state index in [1.54, 1.807) is 0 Å². The van der Waals surface area contributed by atoms with Crippen molar-refractivity contribution in [3.8, 4) is 0 Å². The van der Waals surface area contributed by atoms with Crippen LogP contribution in [-0.2, 0) is 13.0 Å². The first kappa shape index (κ1) is 11.2. The van der Waals surface area contributed by atoms with Gasteiger partial charge in [0, 0.05) is 12.6 Å². The standard InChI is InChI=1S/C12H19NO/c1-3-11-6-4-5-7-12(11)8-13-10(2)9-14/h4-7,10,13-14H,3,8-9H2,1-2H3. The quantitative estimate of drug-likeness (QED) is 0.746. The maximum absolute atomic E-state index is 8.88. The van der Waals surface area contributed by atoms with E-state index in [0.717, 1.165) is 13.0 Å². The maximum Gasteiger partial charge on any atom is 0.0582 e. The van der Waals surface area contributed by atoms with Crippen LogP contribution in [0.1, 0.15) is 25.0 Å². The van der Waals surface area contributed by atoms with Crippen molar-refractivity contribution in [2.75, 3.05) is 6.61 Å². The van der Waals surface area contributed by atoms with Crippen molar-refractivity contribution >= 4 is 0 Å². The number of nitrogens with one attached hydrogen (secondary N) is 1. The molecular weight excluding hydrogens is 174 g/mol. The first-order chi connectivity index (χ1) is 6.77. The number of benzene rings is 1. The van der Waals surface area contributed by atoms with Gasteiger partial charge in [-0.05, 0) is 24.5 Å². The van der Waals surface area contributed by atoms with Gasteiger partial charge in [0.05, 0.1) is 6.61 Å². The van der Waals surface area contributed by atoms with Crippen LogP contribution < -0.4 is 5.32 Å². The number of hydrogen-bond acceptors (Lipinski definition) is 2. The molecular formula is C12H19NO. The highest BCUT2D eigenvalue weighted by atomic mass is 16.3. The lowest BCUT2D eigenvalue weighted by molar-refractivity contribution is 0.251. The van der Waals surface area contributed by atoms with Gasteiger partial charge in [0.15, 0.2) is 0 Å². The molecule has 2 heteroatoms. The highest BCUT2D eigenvalue weighted by Crippen LogP contribution is 2.08. The van der Waals surface area contributed by atoms with Crippen molar-refractivity contribution in [2.45, 2.75) is 32.9 Å². The average molecular weight is 193 g/mol. The first-order valence-corrected chi connectivity index (χ1v) is 5.19. The number of aryl methyl sites for hydroxylation is 1. The predicted octanol–water partition coefficient (Wildman–Crippen LogP) is 1.72. The summed E-state index contributed by atoms with van der Waals surface area (Å²) in [5.41, 5.74) is 2.71. The Balaban J connectivity index is 2.57. The summed E-state index contributed by atoms with van der Waals surface area (Å²) in [6.07, 6.45) is 1.06. The molecule has 0 spiro atoms. The second-order valence-corrected chi connectivity index (χ2v) is 3.59. The fraction of sp³-hybridized carbons (Fsp3) is 0.500. The number of rotatable bonds is 5. The number of aliphatic hydroxyl groups excluding tert-OH is 1. The molecule has 78 valence electrons. The molecule has 0 aliphatic carbocycles. The van der Waals surface area contributed by atoms with Crippen LogP contribution in [0.3, 0.4) is 0 Å². The molecule has 0 radical (unpaired) electrons. The van der Waals surface area contributed by atoms with Gasteiger partial charge >= 0.3 is 0 Å². The van der Waals surface area contributed by atoms with E-state index in [0.29, 0.717) is 0 Å². The lowest BCUT2D eigenvalue weighted by Gasteiger charge is -2.12. The van der Waals surface area contributed by atoms with Gasteiger partial charge in [0.1, 0.15) is 0 Å². The molecule has 0 heterocycles. The van der Waals surface area contributed by atoms with Crippen LogP contribution in [0.5, 0.6) is 0 Å². The second kappa shape index (κ2) is 5.78. The minimum atomic E-state index is 0.167.